The predicted octanol–water partition coefficient (Wildman–Crippen LogP) is 4.23. The van der Waals surface area contributed by atoms with Crippen LogP contribution in [-0.4, -0.2) is 24.4 Å². The highest BCUT2D eigenvalue weighted by Gasteiger charge is 2.06. The normalized spacial score (nSPS) is 11.4. The Morgan fingerprint density at radius 3 is 2.48 bits per heavy atom. The number of ether oxygens (including phenoxy) is 1. The maximum Gasteiger partial charge on any atom is 0.256 e. The number of nitrogens with two attached hydrogens (primary N) is 1. The van der Waals surface area contributed by atoms with Crippen molar-refractivity contribution < 1.29 is 4.74 Å². The molecule has 0 radical (unpaired) electrons. The van der Waals surface area contributed by atoms with Crippen LogP contribution in [0.4, 0.5) is 0 Å². The van der Waals surface area contributed by atoms with Crippen LogP contribution in [0.25, 0.3) is 0 Å². The molecule has 0 aromatic heterocycles. The van der Waals surface area contributed by atoms with Crippen molar-refractivity contribution in [1.29, 1.82) is 0 Å². The molecule has 0 amide bonds. The summed E-state index contributed by atoms with van der Waals surface area (Å²) in [6.07, 6.45) is 8.48. The first-order chi connectivity index (χ1) is 10.7. The van der Waals surface area contributed by atoms with Crippen LogP contribution in [0.1, 0.15) is 51.0 Å². The minimum Gasteiger partial charge on any atom is -0.469 e. The molecular weight excluding hydrogens is 328 g/mol. The third-order valence-corrected chi connectivity index (χ3v) is 3.83. The first kappa shape index (κ1) is 22.2. The van der Waals surface area contributed by atoms with Crippen molar-refractivity contribution in [2.24, 2.45) is 5.73 Å². The Morgan fingerprint density at radius 1 is 1.13 bits per heavy atom. The molecule has 5 heteroatoms. The lowest BCUT2D eigenvalue weighted by Gasteiger charge is -2.14. The molecule has 0 heterocycles. The second-order valence-electron chi connectivity index (χ2n) is 5.74. The van der Waals surface area contributed by atoms with E-state index in [1.807, 2.05) is 18.2 Å². The Morgan fingerprint density at radius 2 is 1.78 bits per heavy atom. The number of halogens is 1. The van der Waals surface area contributed by atoms with E-state index in [9.17, 15) is 0 Å². The van der Waals surface area contributed by atoms with Crippen molar-refractivity contribution in [3.63, 3.8) is 0 Å². The summed E-state index contributed by atoms with van der Waals surface area (Å²) >= 11 is 5.17. The Labute approximate surface area is 152 Å². The summed E-state index contributed by atoms with van der Waals surface area (Å²) in [6, 6.07) is 10.2. The molecule has 0 aliphatic carbocycles. The van der Waals surface area contributed by atoms with E-state index in [0.29, 0.717) is 11.8 Å². The number of hydrogen-bond acceptors (Lipinski definition) is 3. The Balaban J connectivity index is 0.00000484. The summed E-state index contributed by atoms with van der Waals surface area (Å²) in [7, 11) is 0. The molecule has 0 aliphatic rings. The lowest BCUT2D eigenvalue weighted by Crippen LogP contribution is -2.33. The second-order valence-corrected chi connectivity index (χ2v) is 6.11. The van der Waals surface area contributed by atoms with E-state index in [-0.39, 0.29) is 18.4 Å². The molecule has 0 bridgehead atoms. The van der Waals surface area contributed by atoms with Crippen molar-refractivity contribution in [2.75, 3.05) is 13.2 Å². The standard InChI is InChI=1S/C18H30N2OS.ClH/c1-2-3-4-5-6-10-13-20-18(22)21-15-17(19)14-16-11-8-7-9-12-16;/h7-9,11-12,17H,2-6,10,13-15,19H2,1H3,(H,20,22);1H/t17-;/m1./s1. The molecule has 23 heavy (non-hydrogen) atoms. The summed E-state index contributed by atoms with van der Waals surface area (Å²) in [5, 5.41) is 3.62. The number of thiocarbonyl (C=S) groups is 1. The lowest BCUT2D eigenvalue weighted by atomic mass is 10.1. The van der Waals surface area contributed by atoms with Crippen molar-refractivity contribution in [3.05, 3.63) is 35.9 Å². The van der Waals surface area contributed by atoms with Crippen LogP contribution < -0.4 is 11.1 Å². The van der Waals surface area contributed by atoms with E-state index in [2.05, 4.69) is 24.4 Å². The monoisotopic (exact) mass is 358 g/mol. The summed E-state index contributed by atoms with van der Waals surface area (Å²) in [4.78, 5) is 0. The van der Waals surface area contributed by atoms with Crippen LogP contribution in [0.5, 0.6) is 0 Å². The summed E-state index contributed by atoms with van der Waals surface area (Å²) in [6.45, 7) is 3.58. The van der Waals surface area contributed by atoms with Crippen LogP contribution in [0.15, 0.2) is 30.3 Å². The van der Waals surface area contributed by atoms with Gasteiger partial charge in [0.2, 0.25) is 0 Å². The van der Waals surface area contributed by atoms with Gasteiger partial charge in [-0.05, 0) is 30.6 Å². The van der Waals surface area contributed by atoms with Gasteiger partial charge in [-0.2, -0.15) is 0 Å². The molecule has 3 nitrogen and oxygen atoms in total. The van der Waals surface area contributed by atoms with Gasteiger partial charge >= 0.3 is 0 Å². The zero-order valence-electron chi connectivity index (χ0n) is 14.1. The quantitative estimate of drug-likeness (QED) is 0.459. The van der Waals surface area contributed by atoms with Gasteiger partial charge in [0.15, 0.2) is 0 Å². The largest absolute Gasteiger partial charge is 0.469 e. The fraction of sp³-hybridized carbons (Fsp3) is 0.611. The molecular formula is C18H31ClN2OS. The van der Waals surface area contributed by atoms with Gasteiger partial charge in [-0.25, -0.2) is 0 Å². The van der Waals surface area contributed by atoms with Crippen LogP contribution in [0.3, 0.4) is 0 Å². The van der Waals surface area contributed by atoms with Crippen LogP contribution in [0, 0.1) is 0 Å². The van der Waals surface area contributed by atoms with Gasteiger partial charge < -0.3 is 15.8 Å². The minimum atomic E-state index is -0.0313. The molecule has 0 saturated heterocycles. The van der Waals surface area contributed by atoms with Crippen molar-refractivity contribution >= 4 is 29.8 Å². The van der Waals surface area contributed by atoms with Crippen molar-refractivity contribution in [2.45, 2.75) is 57.9 Å². The highest BCUT2D eigenvalue weighted by Crippen LogP contribution is 2.04. The molecule has 1 rings (SSSR count). The molecule has 3 N–H and O–H groups in total. The summed E-state index contributed by atoms with van der Waals surface area (Å²) in [5.74, 6) is 0. The van der Waals surface area contributed by atoms with Crippen LogP contribution in [0.2, 0.25) is 0 Å². The molecule has 0 saturated carbocycles. The second kappa shape index (κ2) is 14.7. The third kappa shape index (κ3) is 12.3. The average molecular weight is 359 g/mol. The Bertz CT molecular complexity index is 403. The zero-order chi connectivity index (χ0) is 16.0. The predicted molar refractivity (Wildman–Crippen MR) is 105 cm³/mol. The minimum absolute atomic E-state index is 0. The molecule has 1 atom stereocenters. The van der Waals surface area contributed by atoms with Crippen LogP contribution in [-0.2, 0) is 11.2 Å². The van der Waals surface area contributed by atoms with E-state index in [0.717, 1.165) is 19.4 Å². The number of rotatable bonds is 11. The van der Waals surface area contributed by atoms with E-state index < -0.39 is 0 Å². The van der Waals surface area contributed by atoms with E-state index in [1.165, 1.54) is 37.7 Å². The van der Waals surface area contributed by atoms with Gasteiger partial charge in [0.05, 0.1) is 0 Å². The maximum absolute atomic E-state index is 6.06. The summed E-state index contributed by atoms with van der Waals surface area (Å²) in [5.41, 5.74) is 7.29. The summed E-state index contributed by atoms with van der Waals surface area (Å²) < 4.78 is 5.52. The molecule has 0 unspecified atom stereocenters. The van der Waals surface area contributed by atoms with Crippen LogP contribution >= 0.6 is 24.6 Å². The molecule has 0 aliphatic heterocycles. The highest BCUT2D eigenvalue weighted by atomic mass is 35.5. The average Bonchev–Trinajstić information content (AvgIpc) is 2.53. The lowest BCUT2D eigenvalue weighted by molar-refractivity contribution is 0.270. The number of benzene rings is 1. The Kier molecular flexibility index (Phi) is 14.2. The first-order valence-electron chi connectivity index (χ1n) is 8.42. The van der Waals surface area contributed by atoms with Gasteiger partial charge in [0, 0.05) is 12.6 Å². The first-order valence-corrected chi connectivity index (χ1v) is 8.83. The van der Waals surface area contributed by atoms with Gasteiger partial charge in [-0.3, -0.25) is 0 Å². The van der Waals surface area contributed by atoms with Gasteiger partial charge in [0.1, 0.15) is 6.61 Å². The van der Waals surface area contributed by atoms with Gasteiger partial charge in [-0.15, -0.1) is 12.4 Å². The van der Waals surface area contributed by atoms with E-state index in [1.54, 1.807) is 0 Å². The molecule has 132 valence electrons. The number of nitrogens with one attached hydrogen (secondary N) is 1. The number of hydrogen-bond donors (Lipinski definition) is 2. The molecule has 1 aromatic carbocycles. The van der Waals surface area contributed by atoms with E-state index in [4.69, 9.17) is 22.7 Å². The highest BCUT2D eigenvalue weighted by molar-refractivity contribution is 7.80. The molecule has 0 spiro atoms. The van der Waals surface area contributed by atoms with E-state index >= 15 is 0 Å². The molecule has 1 aromatic rings. The molecule has 0 fully saturated rings. The number of unbranched alkanes of at least 4 members (excludes halogenated alkanes) is 5. The van der Waals surface area contributed by atoms with Crippen molar-refractivity contribution in [3.8, 4) is 0 Å². The fourth-order valence-corrected chi connectivity index (χ4v) is 2.48. The zero-order valence-corrected chi connectivity index (χ0v) is 15.8. The van der Waals surface area contributed by atoms with Crippen molar-refractivity contribution in [1.82, 2.24) is 5.32 Å². The third-order valence-electron chi connectivity index (χ3n) is 3.57. The SMILES string of the molecule is CCCCCCCCNC(=S)OC[C@H](N)Cc1ccccc1.Cl. The van der Waals surface area contributed by atoms with Gasteiger partial charge in [0.25, 0.3) is 5.17 Å². The topological polar surface area (TPSA) is 47.3 Å². The smallest absolute Gasteiger partial charge is 0.256 e. The maximum atomic E-state index is 6.06. The fourth-order valence-electron chi connectivity index (χ4n) is 2.31. The van der Waals surface area contributed by atoms with Gasteiger partial charge in [-0.1, -0.05) is 69.4 Å². The Hall–Kier alpha value is -0.840.